The van der Waals surface area contributed by atoms with Gasteiger partial charge in [0.2, 0.25) is 5.91 Å². The van der Waals surface area contributed by atoms with Gasteiger partial charge in [-0.2, -0.15) is 0 Å². The van der Waals surface area contributed by atoms with E-state index in [2.05, 4.69) is 5.32 Å². The molecule has 6 heteroatoms. The van der Waals surface area contributed by atoms with Gasteiger partial charge in [0.05, 0.1) is 0 Å². The van der Waals surface area contributed by atoms with Gasteiger partial charge in [-0.25, -0.2) is 8.42 Å². The molecule has 0 saturated carbocycles. The second-order valence-electron chi connectivity index (χ2n) is 5.75. The first kappa shape index (κ1) is 12.8. The molecule has 1 N–H and O–H groups in total. The number of likely N-dealkylation sites (tertiary alicyclic amines) is 1. The van der Waals surface area contributed by atoms with Gasteiger partial charge in [-0.3, -0.25) is 4.79 Å². The monoisotopic (exact) mass is 260 g/mol. The van der Waals surface area contributed by atoms with Gasteiger partial charge in [0.25, 0.3) is 0 Å². The maximum absolute atomic E-state index is 12.0. The van der Waals surface area contributed by atoms with Gasteiger partial charge in [-0.05, 0) is 25.7 Å². The first-order valence-corrected chi connectivity index (χ1v) is 7.97. The van der Waals surface area contributed by atoms with E-state index >= 15 is 0 Å². The molecule has 0 aromatic heterocycles. The molecule has 0 bridgehead atoms. The Morgan fingerprint density at radius 3 is 2.59 bits per heavy atom. The smallest absolute Gasteiger partial charge is 0.238 e. The molecule has 2 saturated heterocycles. The van der Waals surface area contributed by atoms with Crippen LogP contribution in [0.15, 0.2) is 0 Å². The summed E-state index contributed by atoms with van der Waals surface area (Å²) in [4.78, 5) is 13.8. The molecular formula is C11H20N2O3S. The van der Waals surface area contributed by atoms with Gasteiger partial charge in [-0.15, -0.1) is 0 Å². The number of rotatable bonds is 2. The second kappa shape index (κ2) is 3.95. The minimum atomic E-state index is -3.24. The van der Waals surface area contributed by atoms with Crippen molar-refractivity contribution >= 4 is 15.7 Å². The first-order chi connectivity index (χ1) is 7.72. The molecule has 2 fully saturated rings. The van der Waals surface area contributed by atoms with E-state index < -0.39 is 9.84 Å². The zero-order chi connectivity index (χ0) is 12.8. The average molecular weight is 260 g/mol. The summed E-state index contributed by atoms with van der Waals surface area (Å²) in [6.07, 6.45) is 1.11. The number of hydrogen-bond donors (Lipinski definition) is 1. The Kier molecular flexibility index (Phi) is 2.98. The molecule has 2 aliphatic heterocycles. The highest BCUT2D eigenvalue weighted by atomic mass is 32.2. The summed E-state index contributed by atoms with van der Waals surface area (Å²) in [7, 11) is -3.24. The van der Waals surface area contributed by atoms with Crippen LogP contribution in [0, 0.1) is 11.8 Å². The van der Waals surface area contributed by atoms with Gasteiger partial charge in [-0.1, -0.05) is 0 Å². The summed E-state index contributed by atoms with van der Waals surface area (Å²) in [5.41, 5.74) is -0.240. The zero-order valence-electron chi connectivity index (χ0n) is 10.6. The van der Waals surface area contributed by atoms with E-state index in [0.29, 0.717) is 18.4 Å². The molecule has 5 nitrogen and oxygen atoms in total. The number of fused-ring (bicyclic) bond motifs is 1. The van der Waals surface area contributed by atoms with E-state index in [4.69, 9.17) is 0 Å². The van der Waals surface area contributed by atoms with Crippen LogP contribution in [-0.2, 0) is 14.6 Å². The summed E-state index contributed by atoms with van der Waals surface area (Å²) >= 11 is 0. The fourth-order valence-corrected chi connectivity index (χ4v) is 3.75. The zero-order valence-corrected chi connectivity index (χ0v) is 11.4. The third-order valence-corrected chi connectivity index (χ3v) is 4.82. The molecule has 98 valence electrons. The molecule has 2 heterocycles. The van der Waals surface area contributed by atoms with Crippen LogP contribution in [0.1, 0.15) is 13.8 Å². The van der Waals surface area contributed by atoms with Crippen molar-refractivity contribution in [3.63, 3.8) is 0 Å². The van der Waals surface area contributed by atoms with E-state index in [1.54, 1.807) is 4.90 Å². The maximum atomic E-state index is 12.0. The van der Waals surface area contributed by atoms with Crippen molar-refractivity contribution < 1.29 is 13.2 Å². The first-order valence-electron chi connectivity index (χ1n) is 5.91. The Hall–Kier alpha value is -0.620. The predicted molar refractivity (Wildman–Crippen MR) is 65.4 cm³/mol. The van der Waals surface area contributed by atoms with E-state index in [1.807, 2.05) is 13.8 Å². The van der Waals surface area contributed by atoms with Crippen LogP contribution in [-0.4, -0.2) is 56.4 Å². The normalized spacial score (nSPS) is 31.6. The molecule has 0 aromatic rings. The summed E-state index contributed by atoms with van der Waals surface area (Å²) in [6, 6.07) is 0. The molecular weight excluding hydrogens is 240 g/mol. The highest BCUT2D eigenvalue weighted by Crippen LogP contribution is 2.40. The molecule has 2 rings (SSSR count). The van der Waals surface area contributed by atoms with E-state index in [9.17, 15) is 13.2 Å². The van der Waals surface area contributed by atoms with E-state index in [-0.39, 0.29) is 17.2 Å². The Morgan fingerprint density at radius 1 is 1.41 bits per heavy atom. The fourth-order valence-electron chi connectivity index (χ4n) is 3.15. The average Bonchev–Trinajstić information content (AvgIpc) is 2.65. The third-order valence-electron chi connectivity index (χ3n) is 4.05. The minimum Gasteiger partial charge on any atom is -0.336 e. The highest BCUT2D eigenvalue weighted by Gasteiger charge is 2.51. The SMILES string of the molecule is CC1(C)C2CNCC2CN1C(=O)CS(C)(=O)=O. The van der Waals surface area contributed by atoms with Crippen LogP contribution >= 0.6 is 0 Å². The summed E-state index contributed by atoms with van der Waals surface area (Å²) in [5.74, 6) is 0.273. The molecule has 0 aliphatic carbocycles. The lowest BCUT2D eigenvalue weighted by Crippen LogP contribution is -2.49. The molecule has 2 unspecified atom stereocenters. The summed E-state index contributed by atoms with van der Waals surface area (Å²) < 4.78 is 22.4. The maximum Gasteiger partial charge on any atom is 0.238 e. The predicted octanol–water partition coefficient (Wildman–Crippen LogP) is -0.513. The highest BCUT2D eigenvalue weighted by molar-refractivity contribution is 7.91. The Balaban J connectivity index is 2.15. The topological polar surface area (TPSA) is 66.5 Å². The lowest BCUT2D eigenvalue weighted by atomic mass is 9.85. The quantitative estimate of drug-likeness (QED) is 0.726. The summed E-state index contributed by atoms with van der Waals surface area (Å²) in [6.45, 7) is 6.59. The van der Waals surface area contributed by atoms with Crippen molar-refractivity contribution in [3.05, 3.63) is 0 Å². The standard InChI is InChI=1S/C11H20N2O3S/c1-11(2)9-5-12-4-8(9)6-13(11)10(14)7-17(3,15)16/h8-9,12H,4-7H2,1-3H3. The Bertz CT molecular complexity index is 430. The molecule has 17 heavy (non-hydrogen) atoms. The number of nitrogens with one attached hydrogen (secondary N) is 1. The number of hydrogen-bond acceptors (Lipinski definition) is 4. The van der Waals surface area contributed by atoms with Crippen LogP contribution in [0.2, 0.25) is 0 Å². The number of sulfone groups is 1. The molecule has 2 atom stereocenters. The lowest BCUT2D eigenvalue weighted by Gasteiger charge is -2.35. The van der Waals surface area contributed by atoms with Gasteiger partial charge in [0.1, 0.15) is 5.75 Å². The van der Waals surface area contributed by atoms with Gasteiger partial charge < -0.3 is 10.2 Å². The molecule has 0 aromatic carbocycles. The number of amides is 1. The van der Waals surface area contributed by atoms with Crippen molar-refractivity contribution in [2.24, 2.45) is 11.8 Å². The largest absolute Gasteiger partial charge is 0.336 e. The van der Waals surface area contributed by atoms with E-state index in [0.717, 1.165) is 19.3 Å². The van der Waals surface area contributed by atoms with Crippen molar-refractivity contribution in [2.75, 3.05) is 31.6 Å². The third kappa shape index (κ3) is 2.33. The van der Waals surface area contributed by atoms with Gasteiger partial charge in [0, 0.05) is 31.4 Å². The summed E-state index contributed by atoms with van der Waals surface area (Å²) in [5, 5.41) is 3.33. The van der Waals surface area contributed by atoms with Crippen molar-refractivity contribution in [3.8, 4) is 0 Å². The van der Waals surface area contributed by atoms with Crippen LogP contribution in [0.25, 0.3) is 0 Å². The number of nitrogens with zero attached hydrogens (tertiary/aromatic N) is 1. The van der Waals surface area contributed by atoms with Crippen LogP contribution in [0.5, 0.6) is 0 Å². The fraction of sp³-hybridized carbons (Fsp3) is 0.909. The number of carbonyl (C=O) groups excluding carboxylic acids is 1. The van der Waals surface area contributed by atoms with Crippen LogP contribution < -0.4 is 5.32 Å². The molecule has 0 spiro atoms. The lowest BCUT2D eigenvalue weighted by molar-refractivity contribution is -0.132. The van der Waals surface area contributed by atoms with E-state index in [1.165, 1.54) is 0 Å². The van der Waals surface area contributed by atoms with Crippen LogP contribution in [0.3, 0.4) is 0 Å². The van der Waals surface area contributed by atoms with Crippen LogP contribution in [0.4, 0.5) is 0 Å². The second-order valence-corrected chi connectivity index (χ2v) is 7.89. The molecule has 0 radical (unpaired) electrons. The Labute approximate surface area is 102 Å². The minimum absolute atomic E-state index is 0.240. The van der Waals surface area contributed by atoms with Crippen molar-refractivity contribution in [1.82, 2.24) is 10.2 Å². The van der Waals surface area contributed by atoms with Gasteiger partial charge in [0.15, 0.2) is 9.84 Å². The van der Waals surface area contributed by atoms with Crippen molar-refractivity contribution in [2.45, 2.75) is 19.4 Å². The van der Waals surface area contributed by atoms with Crippen molar-refractivity contribution in [1.29, 1.82) is 0 Å². The Morgan fingerprint density at radius 2 is 2.06 bits per heavy atom. The molecule has 1 amide bonds. The molecule has 2 aliphatic rings. The number of carbonyl (C=O) groups is 1. The van der Waals surface area contributed by atoms with Gasteiger partial charge >= 0.3 is 0 Å².